The molecular weight excluding hydrogens is 321 g/mol. The molecule has 114 valence electrons. The van der Waals surface area contributed by atoms with Crippen molar-refractivity contribution in [1.29, 1.82) is 0 Å². The van der Waals surface area contributed by atoms with E-state index in [2.05, 4.69) is 5.32 Å². The van der Waals surface area contributed by atoms with E-state index in [4.69, 9.17) is 33.4 Å². The molecular formula is C13H13Cl2NO5. The summed E-state index contributed by atoms with van der Waals surface area (Å²) in [5.74, 6) is -2.94. The van der Waals surface area contributed by atoms with Crippen LogP contribution in [-0.4, -0.2) is 34.1 Å². The molecule has 0 spiro atoms. The largest absolute Gasteiger partial charge is 0.481 e. The molecule has 0 fully saturated rings. The van der Waals surface area contributed by atoms with Crippen LogP contribution in [0.15, 0.2) is 18.2 Å². The summed E-state index contributed by atoms with van der Waals surface area (Å²) >= 11 is 11.6. The van der Waals surface area contributed by atoms with E-state index >= 15 is 0 Å². The number of amides is 1. The SMILES string of the molecule is O=C(O)CCC(NC(=O)Cc1ccc(Cl)c(Cl)c1)C(=O)O. The highest BCUT2D eigenvalue weighted by Gasteiger charge is 2.21. The van der Waals surface area contributed by atoms with Crippen molar-refractivity contribution >= 4 is 41.0 Å². The minimum absolute atomic E-state index is 0.0757. The zero-order valence-electron chi connectivity index (χ0n) is 10.8. The second-order valence-electron chi connectivity index (χ2n) is 4.32. The molecule has 0 heterocycles. The van der Waals surface area contributed by atoms with E-state index in [9.17, 15) is 14.4 Å². The fourth-order valence-corrected chi connectivity index (χ4v) is 1.93. The average Bonchev–Trinajstić information content (AvgIpc) is 2.38. The first-order valence-corrected chi connectivity index (χ1v) is 6.73. The Morgan fingerprint density at radius 3 is 2.33 bits per heavy atom. The van der Waals surface area contributed by atoms with Crippen molar-refractivity contribution in [1.82, 2.24) is 5.32 Å². The van der Waals surface area contributed by atoms with Gasteiger partial charge in [-0.1, -0.05) is 29.3 Å². The zero-order valence-corrected chi connectivity index (χ0v) is 12.3. The fraction of sp³-hybridized carbons (Fsp3) is 0.308. The first-order valence-electron chi connectivity index (χ1n) is 5.97. The van der Waals surface area contributed by atoms with Gasteiger partial charge in [0, 0.05) is 6.42 Å². The number of carbonyl (C=O) groups excluding carboxylic acids is 1. The molecule has 1 atom stereocenters. The number of carboxylic acids is 2. The standard InChI is InChI=1S/C13H13Cl2NO5/c14-8-2-1-7(5-9(8)15)6-11(17)16-10(13(20)21)3-4-12(18)19/h1-2,5,10H,3-4,6H2,(H,16,17)(H,18,19)(H,20,21). The average molecular weight is 334 g/mol. The molecule has 0 aliphatic carbocycles. The summed E-state index contributed by atoms with van der Waals surface area (Å²) in [6, 6.07) is 3.40. The minimum atomic E-state index is -1.28. The third-order valence-electron chi connectivity index (χ3n) is 2.63. The molecule has 1 rings (SSSR count). The van der Waals surface area contributed by atoms with Crippen molar-refractivity contribution in [2.45, 2.75) is 25.3 Å². The number of halogens is 2. The highest BCUT2D eigenvalue weighted by molar-refractivity contribution is 6.42. The van der Waals surface area contributed by atoms with E-state index in [1.807, 2.05) is 0 Å². The lowest BCUT2D eigenvalue weighted by Crippen LogP contribution is -2.41. The minimum Gasteiger partial charge on any atom is -0.481 e. The lowest BCUT2D eigenvalue weighted by molar-refractivity contribution is -0.143. The molecule has 0 bridgehead atoms. The van der Waals surface area contributed by atoms with E-state index in [1.54, 1.807) is 6.07 Å². The van der Waals surface area contributed by atoms with Gasteiger partial charge in [0.2, 0.25) is 5.91 Å². The van der Waals surface area contributed by atoms with E-state index < -0.39 is 23.9 Å². The van der Waals surface area contributed by atoms with Gasteiger partial charge in [-0.3, -0.25) is 9.59 Å². The number of carboxylic acid groups (broad SMARTS) is 2. The van der Waals surface area contributed by atoms with Gasteiger partial charge >= 0.3 is 11.9 Å². The van der Waals surface area contributed by atoms with Gasteiger partial charge in [-0.05, 0) is 24.1 Å². The van der Waals surface area contributed by atoms with Crippen LogP contribution in [0.1, 0.15) is 18.4 Å². The Morgan fingerprint density at radius 1 is 1.14 bits per heavy atom. The lowest BCUT2D eigenvalue weighted by Gasteiger charge is -2.13. The maximum atomic E-state index is 11.8. The van der Waals surface area contributed by atoms with Crippen LogP contribution in [0.5, 0.6) is 0 Å². The molecule has 8 heteroatoms. The molecule has 0 aromatic heterocycles. The second-order valence-corrected chi connectivity index (χ2v) is 5.13. The van der Waals surface area contributed by atoms with Crippen molar-refractivity contribution in [3.63, 3.8) is 0 Å². The summed E-state index contributed by atoms with van der Waals surface area (Å²) in [5.41, 5.74) is 0.573. The van der Waals surface area contributed by atoms with Crippen LogP contribution in [0.2, 0.25) is 10.0 Å². The molecule has 1 unspecified atom stereocenters. The molecule has 0 aliphatic rings. The van der Waals surface area contributed by atoms with Crippen LogP contribution < -0.4 is 5.32 Å². The van der Waals surface area contributed by atoms with Gasteiger partial charge in [0.15, 0.2) is 0 Å². The van der Waals surface area contributed by atoms with E-state index in [0.717, 1.165) is 0 Å². The van der Waals surface area contributed by atoms with Crippen molar-refractivity contribution in [2.24, 2.45) is 0 Å². The summed E-state index contributed by atoms with van der Waals surface area (Å²) in [7, 11) is 0. The Hall–Kier alpha value is -1.79. The van der Waals surface area contributed by atoms with Gasteiger partial charge in [0.1, 0.15) is 6.04 Å². The topological polar surface area (TPSA) is 104 Å². The van der Waals surface area contributed by atoms with Gasteiger partial charge in [-0.25, -0.2) is 4.79 Å². The lowest BCUT2D eigenvalue weighted by atomic mass is 10.1. The number of hydrogen-bond donors (Lipinski definition) is 3. The molecule has 0 radical (unpaired) electrons. The van der Waals surface area contributed by atoms with Crippen molar-refractivity contribution in [3.05, 3.63) is 33.8 Å². The Bertz CT molecular complexity index is 561. The molecule has 0 saturated heterocycles. The van der Waals surface area contributed by atoms with Crippen LogP contribution in [0.25, 0.3) is 0 Å². The molecule has 3 N–H and O–H groups in total. The summed E-state index contributed by atoms with van der Waals surface area (Å²) in [6.45, 7) is 0. The Labute approximate surface area is 130 Å². The number of benzene rings is 1. The maximum Gasteiger partial charge on any atom is 0.326 e. The highest BCUT2D eigenvalue weighted by atomic mass is 35.5. The number of carbonyl (C=O) groups is 3. The summed E-state index contributed by atoms with van der Waals surface area (Å²) < 4.78 is 0. The molecule has 1 aromatic rings. The van der Waals surface area contributed by atoms with Crippen LogP contribution in [0.3, 0.4) is 0 Å². The summed E-state index contributed by atoms with van der Waals surface area (Å²) in [4.78, 5) is 33.2. The van der Waals surface area contributed by atoms with Gasteiger partial charge < -0.3 is 15.5 Å². The maximum absolute atomic E-state index is 11.8. The first kappa shape index (κ1) is 17.3. The zero-order chi connectivity index (χ0) is 16.0. The van der Waals surface area contributed by atoms with E-state index in [0.29, 0.717) is 15.6 Å². The Balaban J connectivity index is 2.62. The van der Waals surface area contributed by atoms with E-state index in [1.165, 1.54) is 12.1 Å². The van der Waals surface area contributed by atoms with Gasteiger partial charge in [0.05, 0.1) is 16.5 Å². The third kappa shape index (κ3) is 6.01. The summed E-state index contributed by atoms with van der Waals surface area (Å²) in [6.07, 6.45) is -0.602. The quantitative estimate of drug-likeness (QED) is 0.707. The van der Waals surface area contributed by atoms with Gasteiger partial charge in [-0.15, -0.1) is 0 Å². The monoisotopic (exact) mass is 333 g/mol. The van der Waals surface area contributed by atoms with Crippen LogP contribution >= 0.6 is 23.2 Å². The molecule has 21 heavy (non-hydrogen) atoms. The normalized spacial score (nSPS) is 11.7. The van der Waals surface area contributed by atoms with Gasteiger partial charge in [0.25, 0.3) is 0 Å². The van der Waals surface area contributed by atoms with Crippen molar-refractivity contribution in [2.75, 3.05) is 0 Å². The number of hydrogen-bond acceptors (Lipinski definition) is 3. The molecule has 0 aliphatic heterocycles. The predicted molar refractivity (Wildman–Crippen MR) is 76.6 cm³/mol. The van der Waals surface area contributed by atoms with Crippen molar-refractivity contribution in [3.8, 4) is 0 Å². The first-order chi connectivity index (χ1) is 9.79. The van der Waals surface area contributed by atoms with Crippen LogP contribution in [0.4, 0.5) is 0 Å². The number of nitrogens with one attached hydrogen (secondary N) is 1. The molecule has 1 aromatic carbocycles. The predicted octanol–water partition coefficient (Wildman–Crippen LogP) is 1.97. The van der Waals surface area contributed by atoms with Gasteiger partial charge in [-0.2, -0.15) is 0 Å². The summed E-state index contributed by atoms with van der Waals surface area (Å²) in [5, 5.41) is 20.4. The fourth-order valence-electron chi connectivity index (χ4n) is 1.61. The smallest absolute Gasteiger partial charge is 0.326 e. The second kappa shape index (κ2) is 7.85. The Morgan fingerprint density at radius 2 is 1.81 bits per heavy atom. The molecule has 1 amide bonds. The Kier molecular flexibility index (Phi) is 6.45. The van der Waals surface area contributed by atoms with Crippen LogP contribution in [0, 0.1) is 0 Å². The van der Waals surface area contributed by atoms with Crippen LogP contribution in [-0.2, 0) is 20.8 Å². The van der Waals surface area contributed by atoms with E-state index in [-0.39, 0.29) is 19.3 Å². The number of aliphatic carboxylic acids is 2. The molecule has 6 nitrogen and oxygen atoms in total. The third-order valence-corrected chi connectivity index (χ3v) is 3.37. The molecule has 0 saturated carbocycles. The highest BCUT2D eigenvalue weighted by Crippen LogP contribution is 2.22. The van der Waals surface area contributed by atoms with Crippen molar-refractivity contribution < 1.29 is 24.6 Å². The number of rotatable bonds is 7.